The minimum atomic E-state index is -0.314. The molecule has 4 rings (SSSR count). The average Bonchev–Trinajstić information content (AvgIpc) is 3.17. The van der Waals surface area contributed by atoms with Gasteiger partial charge in [-0.25, -0.2) is 5.10 Å². The topological polar surface area (TPSA) is 94.7 Å². The zero-order chi connectivity index (χ0) is 18.6. The van der Waals surface area contributed by atoms with Gasteiger partial charge < -0.3 is 4.90 Å². The molecule has 1 aromatic carbocycles. The van der Waals surface area contributed by atoms with Gasteiger partial charge in [0, 0.05) is 37.2 Å². The fraction of sp³-hybridized carbons (Fsp3) is 0.300. The molecule has 0 radical (unpaired) electrons. The minimum Gasteiger partial charge on any atom is -0.337 e. The van der Waals surface area contributed by atoms with Crippen LogP contribution < -0.4 is 5.56 Å². The van der Waals surface area contributed by atoms with Crippen molar-refractivity contribution in [1.29, 1.82) is 0 Å². The normalized spacial score (nSPS) is 17.0. The first-order valence-electron chi connectivity index (χ1n) is 9.12. The van der Waals surface area contributed by atoms with E-state index in [4.69, 9.17) is 0 Å². The molecular formula is C20H21N5O2. The van der Waals surface area contributed by atoms with Gasteiger partial charge >= 0.3 is 0 Å². The van der Waals surface area contributed by atoms with Crippen molar-refractivity contribution in [2.24, 2.45) is 0 Å². The Morgan fingerprint density at radius 1 is 1.15 bits per heavy atom. The summed E-state index contributed by atoms with van der Waals surface area (Å²) >= 11 is 0. The number of amides is 1. The first-order chi connectivity index (χ1) is 13.2. The minimum absolute atomic E-state index is 0.153. The molecule has 1 aliphatic heterocycles. The van der Waals surface area contributed by atoms with E-state index < -0.39 is 0 Å². The number of carbonyl (C=O) groups excluding carboxylic acids is 1. The van der Waals surface area contributed by atoms with Crippen LogP contribution in [0.1, 0.15) is 46.1 Å². The summed E-state index contributed by atoms with van der Waals surface area (Å²) in [5.41, 5.74) is 3.46. The van der Waals surface area contributed by atoms with Crippen LogP contribution in [0.4, 0.5) is 0 Å². The Balaban J connectivity index is 1.50. The predicted octanol–water partition coefficient (Wildman–Crippen LogP) is 2.10. The fourth-order valence-corrected chi connectivity index (χ4v) is 3.65. The Hall–Kier alpha value is -3.22. The number of hydrogen-bond donors (Lipinski definition) is 2. The number of carbonyl (C=O) groups is 1. The number of benzene rings is 1. The number of aromatic amines is 2. The fourth-order valence-electron chi connectivity index (χ4n) is 3.65. The zero-order valence-corrected chi connectivity index (χ0v) is 14.9. The Bertz CT molecular complexity index is 959. The third-order valence-electron chi connectivity index (χ3n) is 5.00. The molecule has 3 heterocycles. The number of hydrogen-bond acceptors (Lipinski definition) is 4. The summed E-state index contributed by atoms with van der Waals surface area (Å²) in [6.07, 6.45) is 4.63. The van der Waals surface area contributed by atoms with Gasteiger partial charge in [0.1, 0.15) is 5.69 Å². The van der Waals surface area contributed by atoms with Crippen molar-refractivity contribution in [2.45, 2.75) is 25.2 Å². The molecule has 1 aliphatic rings. The lowest BCUT2D eigenvalue weighted by Crippen LogP contribution is -2.40. The van der Waals surface area contributed by atoms with Gasteiger partial charge in [0.05, 0.1) is 6.20 Å². The monoisotopic (exact) mass is 363 g/mol. The van der Waals surface area contributed by atoms with E-state index >= 15 is 0 Å². The first-order valence-corrected chi connectivity index (χ1v) is 9.12. The molecule has 1 amide bonds. The average molecular weight is 363 g/mol. The van der Waals surface area contributed by atoms with E-state index in [0.29, 0.717) is 13.1 Å². The summed E-state index contributed by atoms with van der Waals surface area (Å²) in [5.74, 6) is 0.0618. The molecule has 1 atom stereocenters. The lowest BCUT2D eigenvalue weighted by Gasteiger charge is -2.32. The summed E-state index contributed by atoms with van der Waals surface area (Å²) in [6.45, 7) is 1.31. The predicted molar refractivity (Wildman–Crippen MR) is 101 cm³/mol. The third kappa shape index (κ3) is 3.81. The zero-order valence-electron chi connectivity index (χ0n) is 14.9. The molecule has 0 aliphatic carbocycles. The number of rotatable bonds is 4. The van der Waals surface area contributed by atoms with Gasteiger partial charge in [-0.3, -0.25) is 14.7 Å². The van der Waals surface area contributed by atoms with Gasteiger partial charge in [-0.1, -0.05) is 30.3 Å². The summed E-state index contributed by atoms with van der Waals surface area (Å²) in [6, 6.07) is 13.1. The Morgan fingerprint density at radius 2 is 2.00 bits per heavy atom. The second kappa shape index (κ2) is 7.57. The summed E-state index contributed by atoms with van der Waals surface area (Å²) in [5, 5.41) is 13.6. The second-order valence-electron chi connectivity index (χ2n) is 6.87. The van der Waals surface area contributed by atoms with Crippen LogP contribution in [0.25, 0.3) is 0 Å². The molecule has 0 bridgehead atoms. The van der Waals surface area contributed by atoms with Crippen molar-refractivity contribution in [3.8, 4) is 0 Å². The van der Waals surface area contributed by atoms with E-state index in [2.05, 4.69) is 32.5 Å². The van der Waals surface area contributed by atoms with E-state index in [1.54, 1.807) is 0 Å². The number of nitrogens with one attached hydrogen (secondary N) is 2. The highest BCUT2D eigenvalue weighted by molar-refractivity contribution is 5.92. The quantitative estimate of drug-likeness (QED) is 0.742. The van der Waals surface area contributed by atoms with E-state index in [9.17, 15) is 9.59 Å². The highest BCUT2D eigenvalue weighted by atomic mass is 16.2. The molecule has 0 saturated carbocycles. The number of likely N-dealkylation sites (tertiary alicyclic amines) is 1. The van der Waals surface area contributed by atoms with Crippen LogP contribution in [0.2, 0.25) is 0 Å². The van der Waals surface area contributed by atoms with Crippen molar-refractivity contribution >= 4 is 5.91 Å². The van der Waals surface area contributed by atoms with Crippen LogP contribution >= 0.6 is 0 Å². The Morgan fingerprint density at radius 3 is 2.78 bits per heavy atom. The molecule has 3 aromatic rings. The number of piperidine rings is 1. The SMILES string of the molecule is O=C(c1ccc(=O)[nH]n1)N1CCC[C@@H](c2[nH]ncc2Cc2ccccc2)C1. The standard InChI is InChI=1S/C20H21N5O2/c26-18-9-8-17(22-23-18)20(27)25-10-4-7-15(13-25)19-16(12-21-24-19)11-14-5-2-1-3-6-14/h1-3,5-6,8-9,12,15H,4,7,10-11,13H2,(H,21,24)(H,23,26)/t15-/m1/s1. The maximum atomic E-state index is 12.7. The summed E-state index contributed by atoms with van der Waals surface area (Å²) in [7, 11) is 0. The van der Waals surface area contributed by atoms with Gasteiger partial charge in [-0.05, 0) is 30.0 Å². The van der Waals surface area contributed by atoms with Crippen LogP contribution in [-0.2, 0) is 6.42 Å². The molecule has 7 nitrogen and oxygen atoms in total. The summed E-state index contributed by atoms with van der Waals surface area (Å²) in [4.78, 5) is 25.7. The van der Waals surface area contributed by atoms with Crippen LogP contribution in [-0.4, -0.2) is 44.3 Å². The van der Waals surface area contributed by atoms with Gasteiger partial charge in [-0.15, -0.1) is 0 Å². The van der Waals surface area contributed by atoms with Crippen LogP contribution in [0.3, 0.4) is 0 Å². The van der Waals surface area contributed by atoms with Gasteiger partial charge in [0.2, 0.25) is 0 Å². The number of H-pyrrole nitrogens is 2. The van der Waals surface area contributed by atoms with Crippen molar-refractivity contribution < 1.29 is 4.79 Å². The smallest absolute Gasteiger partial charge is 0.274 e. The van der Waals surface area contributed by atoms with Gasteiger partial charge in [0.25, 0.3) is 11.5 Å². The molecule has 1 fully saturated rings. The van der Waals surface area contributed by atoms with E-state index in [1.165, 1.54) is 23.3 Å². The molecule has 7 heteroatoms. The highest BCUT2D eigenvalue weighted by Gasteiger charge is 2.28. The number of nitrogens with zero attached hydrogens (tertiary/aromatic N) is 3. The molecular weight excluding hydrogens is 342 g/mol. The van der Waals surface area contributed by atoms with Crippen LogP contribution in [0, 0.1) is 0 Å². The molecule has 138 valence electrons. The third-order valence-corrected chi connectivity index (χ3v) is 5.00. The number of aromatic nitrogens is 4. The highest BCUT2D eigenvalue weighted by Crippen LogP contribution is 2.29. The molecule has 0 spiro atoms. The van der Waals surface area contributed by atoms with Crippen LogP contribution in [0.5, 0.6) is 0 Å². The van der Waals surface area contributed by atoms with Crippen molar-refractivity contribution in [3.05, 3.63) is 81.5 Å². The van der Waals surface area contributed by atoms with E-state index in [-0.39, 0.29) is 23.1 Å². The molecule has 27 heavy (non-hydrogen) atoms. The van der Waals surface area contributed by atoms with Gasteiger partial charge in [0.15, 0.2) is 0 Å². The van der Waals surface area contributed by atoms with Crippen molar-refractivity contribution in [2.75, 3.05) is 13.1 Å². The molecule has 0 unspecified atom stereocenters. The Labute approximate surface area is 156 Å². The maximum Gasteiger partial charge on any atom is 0.274 e. The maximum absolute atomic E-state index is 12.7. The van der Waals surface area contributed by atoms with E-state index in [0.717, 1.165) is 25.0 Å². The van der Waals surface area contributed by atoms with Crippen molar-refractivity contribution in [1.82, 2.24) is 25.3 Å². The largest absolute Gasteiger partial charge is 0.337 e. The lowest BCUT2D eigenvalue weighted by molar-refractivity contribution is 0.0698. The van der Waals surface area contributed by atoms with Crippen molar-refractivity contribution in [3.63, 3.8) is 0 Å². The second-order valence-corrected chi connectivity index (χ2v) is 6.87. The van der Waals surface area contributed by atoms with Crippen LogP contribution in [0.15, 0.2) is 53.5 Å². The lowest BCUT2D eigenvalue weighted by atomic mass is 9.90. The van der Waals surface area contributed by atoms with E-state index in [1.807, 2.05) is 29.3 Å². The molecule has 2 aromatic heterocycles. The Kier molecular flexibility index (Phi) is 4.82. The molecule has 2 N–H and O–H groups in total. The molecule has 1 saturated heterocycles. The first kappa shape index (κ1) is 17.2. The van der Waals surface area contributed by atoms with Gasteiger partial charge in [-0.2, -0.15) is 10.2 Å². The summed E-state index contributed by atoms with van der Waals surface area (Å²) < 4.78 is 0.